The third kappa shape index (κ3) is 4.87. The quantitative estimate of drug-likeness (QED) is 0.648. The molecule has 1 N–H and O–H groups in total. The van der Waals surface area contributed by atoms with Crippen LogP contribution in [0, 0.1) is 0 Å². The second-order valence-electron chi connectivity index (χ2n) is 6.77. The number of rotatable bonds is 7. The lowest BCUT2D eigenvalue weighted by molar-refractivity contribution is 0.0781. The summed E-state index contributed by atoms with van der Waals surface area (Å²) >= 11 is 0. The van der Waals surface area contributed by atoms with Gasteiger partial charge in [0.15, 0.2) is 11.5 Å². The fourth-order valence-corrected chi connectivity index (χ4v) is 2.59. The standard InChI is InChI=1S/C23H24O3/c1-23(2,24)20-13-14-21(25-16-18-9-5-3-6-10-18)22(15-20)26-17-19-11-7-4-8-12-19/h3-15,24H,16-17H2,1-2H3. The van der Waals surface area contributed by atoms with Crippen LogP contribution in [0.15, 0.2) is 78.9 Å². The van der Waals surface area contributed by atoms with Gasteiger partial charge in [0.25, 0.3) is 0 Å². The smallest absolute Gasteiger partial charge is 0.162 e. The van der Waals surface area contributed by atoms with Crippen molar-refractivity contribution in [2.45, 2.75) is 32.7 Å². The lowest BCUT2D eigenvalue weighted by Gasteiger charge is -2.20. The molecule has 0 aliphatic heterocycles. The van der Waals surface area contributed by atoms with Crippen LogP contribution >= 0.6 is 0 Å². The molecule has 0 amide bonds. The highest BCUT2D eigenvalue weighted by Gasteiger charge is 2.19. The number of hydrogen-bond donors (Lipinski definition) is 1. The lowest BCUT2D eigenvalue weighted by atomic mass is 9.98. The normalized spacial score (nSPS) is 11.2. The second kappa shape index (κ2) is 8.07. The van der Waals surface area contributed by atoms with Crippen molar-refractivity contribution in [1.29, 1.82) is 0 Å². The molecule has 0 unspecified atom stereocenters. The first-order chi connectivity index (χ1) is 12.5. The van der Waals surface area contributed by atoms with Crippen LogP contribution in [0.4, 0.5) is 0 Å². The second-order valence-corrected chi connectivity index (χ2v) is 6.77. The fourth-order valence-electron chi connectivity index (χ4n) is 2.59. The van der Waals surface area contributed by atoms with Gasteiger partial charge in [-0.25, -0.2) is 0 Å². The van der Waals surface area contributed by atoms with Crippen molar-refractivity contribution in [3.8, 4) is 11.5 Å². The van der Waals surface area contributed by atoms with E-state index in [0.29, 0.717) is 24.7 Å². The number of ether oxygens (including phenoxy) is 2. The van der Waals surface area contributed by atoms with Crippen molar-refractivity contribution >= 4 is 0 Å². The molecule has 0 aliphatic rings. The Balaban J connectivity index is 1.80. The maximum atomic E-state index is 10.3. The number of aliphatic hydroxyl groups is 1. The first-order valence-electron chi connectivity index (χ1n) is 8.73. The van der Waals surface area contributed by atoms with Crippen molar-refractivity contribution in [3.63, 3.8) is 0 Å². The summed E-state index contributed by atoms with van der Waals surface area (Å²) in [6.07, 6.45) is 0. The van der Waals surface area contributed by atoms with Gasteiger partial charge in [0.2, 0.25) is 0 Å². The predicted molar refractivity (Wildman–Crippen MR) is 103 cm³/mol. The highest BCUT2D eigenvalue weighted by atomic mass is 16.5. The largest absolute Gasteiger partial charge is 0.485 e. The van der Waals surface area contributed by atoms with Gasteiger partial charge in [-0.15, -0.1) is 0 Å². The first-order valence-corrected chi connectivity index (χ1v) is 8.73. The van der Waals surface area contributed by atoms with E-state index in [9.17, 15) is 5.11 Å². The summed E-state index contributed by atoms with van der Waals surface area (Å²) in [7, 11) is 0. The highest BCUT2D eigenvalue weighted by Crippen LogP contribution is 2.33. The average Bonchev–Trinajstić information content (AvgIpc) is 2.66. The monoisotopic (exact) mass is 348 g/mol. The molecule has 0 fully saturated rings. The van der Waals surface area contributed by atoms with Gasteiger partial charge in [0.1, 0.15) is 13.2 Å². The van der Waals surface area contributed by atoms with Crippen LogP contribution in [0.5, 0.6) is 11.5 Å². The van der Waals surface area contributed by atoms with Gasteiger partial charge in [-0.05, 0) is 42.7 Å². The Morgan fingerprint density at radius 2 is 1.19 bits per heavy atom. The SMILES string of the molecule is CC(C)(O)c1ccc(OCc2ccccc2)c(OCc2ccccc2)c1. The fraction of sp³-hybridized carbons (Fsp3) is 0.217. The van der Waals surface area contributed by atoms with Crippen LogP contribution in [0.25, 0.3) is 0 Å². The summed E-state index contributed by atoms with van der Waals surface area (Å²) < 4.78 is 12.0. The molecule has 0 bridgehead atoms. The van der Waals surface area contributed by atoms with Gasteiger partial charge in [-0.1, -0.05) is 66.7 Å². The molecule has 134 valence electrons. The Bertz CT molecular complexity index is 821. The Morgan fingerprint density at radius 3 is 1.69 bits per heavy atom. The molecule has 0 heterocycles. The maximum Gasteiger partial charge on any atom is 0.162 e. The zero-order chi connectivity index (χ0) is 18.4. The number of benzene rings is 3. The number of hydrogen-bond acceptors (Lipinski definition) is 3. The summed E-state index contributed by atoms with van der Waals surface area (Å²) in [5.41, 5.74) is 2.01. The molecule has 3 rings (SSSR count). The van der Waals surface area contributed by atoms with E-state index in [4.69, 9.17) is 9.47 Å². The average molecular weight is 348 g/mol. The molecular formula is C23H24O3. The highest BCUT2D eigenvalue weighted by molar-refractivity contribution is 5.44. The first kappa shape index (κ1) is 18.0. The summed E-state index contributed by atoms with van der Waals surface area (Å²) in [5, 5.41) is 10.3. The summed E-state index contributed by atoms with van der Waals surface area (Å²) in [4.78, 5) is 0. The van der Waals surface area contributed by atoms with E-state index in [1.165, 1.54) is 0 Å². The third-order valence-electron chi connectivity index (χ3n) is 4.12. The predicted octanol–water partition coefficient (Wildman–Crippen LogP) is 5.07. The van der Waals surface area contributed by atoms with Crippen LogP contribution in [-0.4, -0.2) is 5.11 Å². The summed E-state index contributed by atoms with van der Waals surface area (Å²) in [5.74, 6) is 1.29. The topological polar surface area (TPSA) is 38.7 Å². The van der Waals surface area contributed by atoms with E-state index in [2.05, 4.69) is 0 Å². The Morgan fingerprint density at radius 1 is 0.692 bits per heavy atom. The van der Waals surface area contributed by atoms with Gasteiger partial charge >= 0.3 is 0 Å². The van der Waals surface area contributed by atoms with E-state index >= 15 is 0 Å². The minimum absolute atomic E-state index is 0.442. The molecule has 0 aliphatic carbocycles. The van der Waals surface area contributed by atoms with Gasteiger partial charge < -0.3 is 14.6 Å². The molecule has 26 heavy (non-hydrogen) atoms. The Hall–Kier alpha value is -2.78. The molecule has 3 aromatic carbocycles. The maximum absolute atomic E-state index is 10.3. The molecule has 0 radical (unpaired) electrons. The van der Waals surface area contributed by atoms with Crippen LogP contribution < -0.4 is 9.47 Å². The van der Waals surface area contributed by atoms with Gasteiger partial charge in [0, 0.05) is 0 Å². The molecule has 0 saturated heterocycles. The minimum atomic E-state index is -0.942. The van der Waals surface area contributed by atoms with Crippen LogP contribution in [0.1, 0.15) is 30.5 Å². The zero-order valence-electron chi connectivity index (χ0n) is 15.2. The minimum Gasteiger partial charge on any atom is -0.485 e. The van der Waals surface area contributed by atoms with E-state index in [1.807, 2.05) is 78.9 Å². The molecular weight excluding hydrogens is 324 g/mol. The van der Waals surface area contributed by atoms with Crippen molar-refractivity contribution < 1.29 is 14.6 Å². The van der Waals surface area contributed by atoms with Crippen molar-refractivity contribution in [2.24, 2.45) is 0 Å². The summed E-state index contributed by atoms with van der Waals surface area (Å²) in [6.45, 7) is 4.42. The van der Waals surface area contributed by atoms with Gasteiger partial charge in [0.05, 0.1) is 5.60 Å². The van der Waals surface area contributed by atoms with E-state index < -0.39 is 5.60 Å². The molecule has 0 atom stereocenters. The van der Waals surface area contributed by atoms with E-state index in [-0.39, 0.29) is 0 Å². The van der Waals surface area contributed by atoms with E-state index in [1.54, 1.807) is 13.8 Å². The van der Waals surface area contributed by atoms with Crippen molar-refractivity contribution in [2.75, 3.05) is 0 Å². The van der Waals surface area contributed by atoms with Crippen molar-refractivity contribution in [3.05, 3.63) is 95.6 Å². The Kier molecular flexibility index (Phi) is 5.59. The van der Waals surface area contributed by atoms with Gasteiger partial charge in [-0.3, -0.25) is 0 Å². The van der Waals surface area contributed by atoms with Gasteiger partial charge in [-0.2, -0.15) is 0 Å². The van der Waals surface area contributed by atoms with Crippen LogP contribution in [0.2, 0.25) is 0 Å². The molecule has 0 aromatic heterocycles. The molecule has 0 spiro atoms. The molecule has 3 nitrogen and oxygen atoms in total. The van der Waals surface area contributed by atoms with Crippen LogP contribution in [-0.2, 0) is 18.8 Å². The zero-order valence-corrected chi connectivity index (χ0v) is 15.2. The molecule has 0 saturated carbocycles. The summed E-state index contributed by atoms with van der Waals surface area (Å²) in [6, 6.07) is 25.6. The molecule has 3 aromatic rings. The van der Waals surface area contributed by atoms with Crippen LogP contribution in [0.3, 0.4) is 0 Å². The van der Waals surface area contributed by atoms with Crippen molar-refractivity contribution in [1.82, 2.24) is 0 Å². The lowest BCUT2D eigenvalue weighted by Crippen LogP contribution is -2.15. The van der Waals surface area contributed by atoms with E-state index in [0.717, 1.165) is 16.7 Å². The third-order valence-corrected chi connectivity index (χ3v) is 4.12. The Labute approximate surface area is 154 Å². The molecule has 3 heteroatoms.